The van der Waals surface area contributed by atoms with Crippen LogP contribution in [0.5, 0.6) is 0 Å². The molecule has 2 heterocycles. The van der Waals surface area contributed by atoms with Crippen LogP contribution in [-0.4, -0.2) is 39.0 Å². The lowest BCUT2D eigenvalue weighted by Crippen LogP contribution is -2.32. The summed E-state index contributed by atoms with van der Waals surface area (Å²) < 4.78 is 1.49. The Kier molecular flexibility index (Phi) is 5.79. The van der Waals surface area contributed by atoms with Gasteiger partial charge in [-0.05, 0) is 30.5 Å². The molecule has 0 radical (unpaired) electrons. The largest absolute Gasteiger partial charge is 0.365 e. The zero-order valence-electron chi connectivity index (χ0n) is 17.5. The Balaban J connectivity index is 1.65. The van der Waals surface area contributed by atoms with Crippen molar-refractivity contribution < 1.29 is 4.79 Å². The summed E-state index contributed by atoms with van der Waals surface area (Å²) in [7, 11) is 1.61. The van der Waals surface area contributed by atoms with Gasteiger partial charge in [0.25, 0.3) is 0 Å². The predicted molar refractivity (Wildman–Crippen MR) is 120 cm³/mol. The molecule has 0 bridgehead atoms. The van der Waals surface area contributed by atoms with Gasteiger partial charge in [0.2, 0.25) is 5.91 Å². The lowest BCUT2D eigenvalue weighted by atomic mass is 10.1. The summed E-state index contributed by atoms with van der Waals surface area (Å²) in [5.74, 6) is 0.194. The van der Waals surface area contributed by atoms with Crippen LogP contribution >= 0.6 is 0 Å². The number of aromatic nitrogens is 4. The first-order chi connectivity index (χ1) is 15.1. The van der Waals surface area contributed by atoms with Crippen LogP contribution in [0.4, 0.5) is 5.82 Å². The van der Waals surface area contributed by atoms with Crippen LogP contribution in [-0.2, 0) is 17.6 Å². The Morgan fingerprint density at radius 3 is 2.65 bits per heavy atom. The second-order valence-corrected chi connectivity index (χ2v) is 7.30. The van der Waals surface area contributed by atoms with Crippen LogP contribution in [0.2, 0.25) is 0 Å². The van der Waals surface area contributed by atoms with E-state index >= 15 is 0 Å². The summed E-state index contributed by atoms with van der Waals surface area (Å²) in [6.45, 7) is 2.40. The topological polar surface area (TPSA) is 93.8 Å². The Labute approximate surface area is 179 Å². The molecule has 2 N–H and O–H groups in total. The number of amides is 1. The molecule has 31 heavy (non-hydrogen) atoms. The van der Waals surface area contributed by atoms with Crippen LogP contribution in [0, 0.1) is 6.92 Å². The number of benzene rings is 2. The van der Waals surface area contributed by atoms with E-state index in [1.165, 1.54) is 10.2 Å². The summed E-state index contributed by atoms with van der Waals surface area (Å²) >= 11 is 0. The van der Waals surface area contributed by atoms with Gasteiger partial charge < -0.3 is 10.6 Å². The molecule has 0 aliphatic heterocycles. The maximum atomic E-state index is 13.2. The Morgan fingerprint density at radius 1 is 1.06 bits per heavy atom. The number of carbonyl (C=O) groups is 1. The van der Waals surface area contributed by atoms with Gasteiger partial charge in [0.05, 0.1) is 30.0 Å². The normalized spacial score (nSPS) is 10.9. The number of fused-ring (bicyclic) bond motifs is 1. The van der Waals surface area contributed by atoms with Crippen molar-refractivity contribution in [1.82, 2.24) is 24.9 Å². The average Bonchev–Trinajstić information content (AvgIpc) is 3.19. The first-order valence-corrected chi connectivity index (χ1v) is 10.1. The highest BCUT2D eigenvalue weighted by Gasteiger charge is 2.13. The van der Waals surface area contributed by atoms with Crippen molar-refractivity contribution in [2.75, 3.05) is 18.9 Å². The lowest BCUT2D eigenvalue weighted by Gasteiger charge is -2.13. The molecular weight excluding hydrogens is 392 g/mol. The summed E-state index contributed by atoms with van der Waals surface area (Å²) in [5, 5.41) is 11.1. The molecule has 158 valence electrons. The third-order valence-electron chi connectivity index (χ3n) is 5.11. The molecule has 0 saturated heterocycles. The maximum Gasteiger partial charge on any atom is 0.313 e. The number of rotatable bonds is 7. The van der Waals surface area contributed by atoms with E-state index in [4.69, 9.17) is 0 Å². The fourth-order valence-electron chi connectivity index (χ4n) is 3.45. The fraction of sp³-hybridized carbons (Fsp3) is 0.217. The number of hydrogen-bond acceptors (Lipinski definition) is 5. The zero-order chi connectivity index (χ0) is 21.8. The number of likely N-dealkylation sites (N-methyl/N-ethyl adjacent to an activating group) is 1. The molecule has 1 amide bonds. The van der Waals surface area contributed by atoms with Crippen molar-refractivity contribution >= 4 is 22.6 Å². The van der Waals surface area contributed by atoms with Crippen molar-refractivity contribution in [2.45, 2.75) is 19.8 Å². The van der Waals surface area contributed by atoms with E-state index in [0.717, 1.165) is 22.9 Å². The summed E-state index contributed by atoms with van der Waals surface area (Å²) in [4.78, 5) is 30.8. The smallest absolute Gasteiger partial charge is 0.313 e. The Bertz CT molecular complexity index is 1280. The second kappa shape index (κ2) is 8.83. The third-order valence-corrected chi connectivity index (χ3v) is 5.11. The van der Waals surface area contributed by atoms with Crippen molar-refractivity contribution in [2.24, 2.45) is 0 Å². The van der Waals surface area contributed by atoms with Gasteiger partial charge in [-0.1, -0.05) is 42.5 Å². The standard InChI is InChI=1S/C23H24N6O2/c1-16-14-26-22(25-11-10-17-6-4-3-5-7-17)23(31)28(16)29-20-12-18(13-21(30)24-2)8-9-19(20)15-27-29/h3-9,12,14-15H,10-11,13H2,1-2H3,(H,24,30)(H,25,26). The van der Waals surface area contributed by atoms with E-state index in [1.807, 2.05) is 43.3 Å². The predicted octanol–water partition coefficient (Wildman–Crippen LogP) is 2.16. The van der Waals surface area contributed by atoms with Crippen molar-refractivity contribution in [3.63, 3.8) is 0 Å². The quantitative estimate of drug-likeness (QED) is 0.482. The van der Waals surface area contributed by atoms with Crippen molar-refractivity contribution in [1.29, 1.82) is 0 Å². The van der Waals surface area contributed by atoms with Gasteiger partial charge in [-0.2, -0.15) is 14.6 Å². The van der Waals surface area contributed by atoms with Gasteiger partial charge in [-0.15, -0.1) is 0 Å². The first-order valence-electron chi connectivity index (χ1n) is 10.1. The van der Waals surface area contributed by atoms with E-state index in [9.17, 15) is 9.59 Å². The van der Waals surface area contributed by atoms with Gasteiger partial charge in [0, 0.05) is 19.0 Å². The minimum Gasteiger partial charge on any atom is -0.365 e. The van der Waals surface area contributed by atoms with E-state index in [2.05, 4.69) is 32.8 Å². The van der Waals surface area contributed by atoms with Crippen LogP contribution in [0.1, 0.15) is 16.8 Å². The first kappa shape index (κ1) is 20.3. The molecule has 4 rings (SSSR count). The second-order valence-electron chi connectivity index (χ2n) is 7.30. The molecule has 0 saturated carbocycles. The van der Waals surface area contributed by atoms with E-state index < -0.39 is 0 Å². The minimum absolute atomic E-state index is 0.0763. The van der Waals surface area contributed by atoms with Gasteiger partial charge in [0.1, 0.15) is 0 Å². The van der Waals surface area contributed by atoms with Crippen molar-refractivity contribution in [3.05, 3.63) is 88.1 Å². The highest BCUT2D eigenvalue weighted by molar-refractivity contribution is 5.83. The number of nitrogens with one attached hydrogen (secondary N) is 2. The zero-order valence-corrected chi connectivity index (χ0v) is 17.5. The summed E-state index contributed by atoms with van der Waals surface area (Å²) in [6, 6.07) is 15.7. The molecule has 2 aromatic heterocycles. The van der Waals surface area contributed by atoms with Crippen LogP contribution in [0.25, 0.3) is 10.9 Å². The van der Waals surface area contributed by atoms with E-state index in [0.29, 0.717) is 12.2 Å². The van der Waals surface area contributed by atoms with Crippen LogP contribution < -0.4 is 16.2 Å². The Morgan fingerprint density at radius 2 is 1.87 bits per heavy atom. The summed E-state index contributed by atoms with van der Waals surface area (Å²) in [6.07, 6.45) is 4.39. The lowest BCUT2D eigenvalue weighted by molar-refractivity contribution is -0.119. The number of carbonyl (C=O) groups excluding carboxylic acids is 1. The molecule has 4 aromatic rings. The molecule has 0 aliphatic carbocycles. The van der Waals surface area contributed by atoms with E-state index in [-0.39, 0.29) is 23.7 Å². The Hall–Kier alpha value is -3.94. The minimum atomic E-state index is -0.283. The van der Waals surface area contributed by atoms with Crippen LogP contribution in [0.3, 0.4) is 0 Å². The van der Waals surface area contributed by atoms with Crippen molar-refractivity contribution in [3.8, 4) is 0 Å². The fourth-order valence-corrected chi connectivity index (χ4v) is 3.45. The molecule has 8 heteroatoms. The van der Waals surface area contributed by atoms with Crippen LogP contribution in [0.15, 0.2) is 65.7 Å². The molecule has 0 spiro atoms. The molecule has 0 atom stereocenters. The number of hydrogen-bond donors (Lipinski definition) is 2. The molecule has 0 unspecified atom stereocenters. The molecule has 0 fully saturated rings. The van der Waals surface area contributed by atoms with Gasteiger partial charge in [-0.3, -0.25) is 9.59 Å². The third kappa shape index (κ3) is 4.32. The molecular formula is C23H24N6O2. The molecule has 8 nitrogen and oxygen atoms in total. The molecule has 0 aliphatic rings. The summed E-state index contributed by atoms with van der Waals surface area (Å²) in [5.41, 5.74) is 3.14. The highest BCUT2D eigenvalue weighted by atomic mass is 16.1. The number of anilines is 1. The number of nitrogens with zero attached hydrogens (tertiary/aromatic N) is 4. The SMILES string of the molecule is CNC(=O)Cc1ccc2cnn(-n3c(C)cnc(NCCc4ccccc4)c3=O)c2c1. The highest BCUT2D eigenvalue weighted by Crippen LogP contribution is 2.17. The van der Waals surface area contributed by atoms with Gasteiger partial charge in [0.15, 0.2) is 5.82 Å². The molecule has 2 aromatic carbocycles. The average molecular weight is 416 g/mol. The van der Waals surface area contributed by atoms with Gasteiger partial charge in [-0.25, -0.2) is 4.98 Å². The van der Waals surface area contributed by atoms with Gasteiger partial charge >= 0.3 is 5.56 Å². The number of aryl methyl sites for hydroxylation is 1. The monoisotopic (exact) mass is 416 g/mol. The van der Waals surface area contributed by atoms with E-state index in [1.54, 1.807) is 24.2 Å². The maximum absolute atomic E-state index is 13.2.